The molecule has 1 heterocycles. The topological polar surface area (TPSA) is 46.3 Å². The standard InChI is InChI=1S/C15H24N2OS/c1-12(2)17(11-13-6-5-9-19-13)14(18)10-15(16)7-3-4-8-15/h5-6,9,12H,3-4,7-8,10-11,16H2,1-2H3. The zero-order chi connectivity index (χ0) is 13.9. The van der Waals surface area contributed by atoms with Gasteiger partial charge in [0, 0.05) is 22.9 Å². The van der Waals surface area contributed by atoms with Gasteiger partial charge < -0.3 is 10.6 Å². The van der Waals surface area contributed by atoms with Crippen LogP contribution in [0.2, 0.25) is 0 Å². The average molecular weight is 280 g/mol. The molecule has 1 aliphatic carbocycles. The van der Waals surface area contributed by atoms with Crippen molar-refractivity contribution in [3.8, 4) is 0 Å². The molecule has 19 heavy (non-hydrogen) atoms. The molecule has 3 nitrogen and oxygen atoms in total. The number of thiophene rings is 1. The number of nitrogens with two attached hydrogens (primary N) is 1. The molecule has 4 heteroatoms. The summed E-state index contributed by atoms with van der Waals surface area (Å²) in [6, 6.07) is 4.34. The molecule has 0 unspecified atom stereocenters. The Bertz CT molecular complexity index is 408. The fourth-order valence-corrected chi connectivity index (χ4v) is 3.49. The predicted molar refractivity (Wildman–Crippen MR) is 80.0 cm³/mol. The quantitative estimate of drug-likeness (QED) is 0.900. The van der Waals surface area contributed by atoms with Crippen molar-refractivity contribution in [3.05, 3.63) is 22.4 Å². The first-order valence-corrected chi connectivity index (χ1v) is 7.99. The summed E-state index contributed by atoms with van der Waals surface area (Å²) in [5.74, 6) is 0.202. The van der Waals surface area contributed by atoms with Crippen LogP contribution in [0.3, 0.4) is 0 Å². The van der Waals surface area contributed by atoms with Gasteiger partial charge in [-0.25, -0.2) is 0 Å². The number of amides is 1. The van der Waals surface area contributed by atoms with Crippen LogP contribution in [-0.2, 0) is 11.3 Å². The monoisotopic (exact) mass is 280 g/mol. The highest BCUT2D eigenvalue weighted by Crippen LogP contribution is 2.31. The number of carbonyl (C=O) groups is 1. The van der Waals surface area contributed by atoms with Gasteiger partial charge in [0.05, 0.1) is 6.54 Å². The van der Waals surface area contributed by atoms with Gasteiger partial charge in [-0.2, -0.15) is 0 Å². The van der Waals surface area contributed by atoms with E-state index in [-0.39, 0.29) is 17.5 Å². The summed E-state index contributed by atoms with van der Waals surface area (Å²) >= 11 is 1.70. The minimum atomic E-state index is -0.250. The first-order valence-electron chi connectivity index (χ1n) is 7.11. The third-order valence-electron chi connectivity index (χ3n) is 3.95. The first kappa shape index (κ1) is 14.5. The van der Waals surface area contributed by atoms with Crippen LogP contribution >= 0.6 is 11.3 Å². The van der Waals surface area contributed by atoms with Crippen molar-refractivity contribution < 1.29 is 4.79 Å². The SMILES string of the molecule is CC(C)N(Cc1cccs1)C(=O)CC1(N)CCCC1. The van der Waals surface area contributed by atoms with E-state index in [4.69, 9.17) is 5.73 Å². The Balaban J connectivity index is 2.00. The largest absolute Gasteiger partial charge is 0.335 e. The summed E-state index contributed by atoms with van der Waals surface area (Å²) in [5.41, 5.74) is 6.08. The summed E-state index contributed by atoms with van der Waals surface area (Å²) in [6.45, 7) is 4.86. The first-order chi connectivity index (χ1) is 9.00. The Morgan fingerprint density at radius 1 is 1.47 bits per heavy atom. The number of nitrogens with zero attached hydrogens (tertiary/aromatic N) is 1. The van der Waals surface area contributed by atoms with Crippen LogP contribution in [0.4, 0.5) is 0 Å². The molecule has 2 rings (SSSR count). The zero-order valence-corrected chi connectivity index (χ0v) is 12.7. The highest BCUT2D eigenvalue weighted by molar-refractivity contribution is 7.09. The van der Waals surface area contributed by atoms with Gasteiger partial charge >= 0.3 is 0 Å². The molecule has 2 N–H and O–H groups in total. The normalized spacial score (nSPS) is 17.9. The van der Waals surface area contributed by atoms with E-state index in [0.29, 0.717) is 13.0 Å². The molecule has 1 aromatic heterocycles. The van der Waals surface area contributed by atoms with Crippen molar-refractivity contribution in [3.63, 3.8) is 0 Å². The molecule has 1 amide bonds. The van der Waals surface area contributed by atoms with Crippen LogP contribution in [0.1, 0.15) is 50.8 Å². The summed E-state index contributed by atoms with van der Waals surface area (Å²) in [5, 5.41) is 2.06. The molecule has 0 radical (unpaired) electrons. The second-order valence-corrected chi connectivity index (χ2v) is 6.97. The van der Waals surface area contributed by atoms with Crippen LogP contribution in [0.15, 0.2) is 17.5 Å². The third kappa shape index (κ3) is 3.80. The van der Waals surface area contributed by atoms with E-state index < -0.39 is 0 Å². The molecule has 0 aliphatic heterocycles. The Kier molecular flexibility index (Phi) is 4.63. The molecule has 0 atom stereocenters. The van der Waals surface area contributed by atoms with Crippen LogP contribution in [0.5, 0.6) is 0 Å². The predicted octanol–water partition coefficient (Wildman–Crippen LogP) is 3.15. The summed E-state index contributed by atoms with van der Waals surface area (Å²) < 4.78 is 0. The van der Waals surface area contributed by atoms with Crippen molar-refractivity contribution in [1.82, 2.24) is 4.90 Å². The average Bonchev–Trinajstić information content (AvgIpc) is 2.96. The zero-order valence-electron chi connectivity index (χ0n) is 11.9. The van der Waals surface area contributed by atoms with Gasteiger partial charge in [-0.15, -0.1) is 11.3 Å². The van der Waals surface area contributed by atoms with E-state index >= 15 is 0 Å². The van der Waals surface area contributed by atoms with Crippen molar-refractivity contribution >= 4 is 17.2 Å². The number of rotatable bonds is 5. The summed E-state index contributed by atoms with van der Waals surface area (Å²) in [4.78, 5) is 15.7. The van der Waals surface area contributed by atoms with Gasteiger partial charge in [-0.05, 0) is 38.1 Å². The van der Waals surface area contributed by atoms with Gasteiger partial charge in [-0.1, -0.05) is 18.9 Å². The number of hydrogen-bond acceptors (Lipinski definition) is 3. The van der Waals surface area contributed by atoms with E-state index in [1.54, 1.807) is 11.3 Å². The third-order valence-corrected chi connectivity index (χ3v) is 4.81. The molecule has 1 aliphatic rings. The molecular weight excluding hydrogens is 256 g/mol. The fraction of sp³-hybridized carbons (Fsp3) is 0.667. The van der Waals surface area contributed by atoms with Crippen LogP contribution < -0.4 is 5.73 Å². The fourth-order valence-electron chi connectivity index (χ4n) is 2.79. The minimum absolute atomic E-state index is 0.202. The van der Waals surface area contributed by atoms with Crippen molar-refractivity contribution in [2.24, 2.45) is 5.73 Å². The highest BCUT2D eigenvalue weighted by Gasteiger charge is 2.33. The maximum atomic E-state index is 12.5. The van der Waals surface area contributed by atoms with Crippen LogP contribution in [0.25, 0.3) is 0 Å². The molecule has 0 spiro atoms. The van der Waals surface area contributed by atoms with Gasteiger partial charge in [0.2, 0.25) is 5.91 Å². The Labute approximate surface area is 119 Å². The molecule has 1 saturated carbocycles. The number of hydrogen-bond donors (Lipinski definition) is 1. The molecule has 0 aromatic carbocycles. The minimum Gasteiger partial charge on any atom is -0.335 e. The Morgan fingerprint density at radius 2 is 2.16 bits per heavy atom. The van der Waals surface area contributed by atoms with Crippen LogP contribution in [-0.4, -0.2) is 22.4 Å². The molecule has 0 saturated heterocycles. The van der Waals surface area contributed by atoms with E-state index in [9.17, 15) is 4.79 Å². The lowest BCUT2D eigenvalue weighted by molar-refractivity contribution is -0.134. The van der Waals surface area contributed by atoms with Gasteiger partial charge in [-0.3, -0.25) is 4.79 Å². The molecule has 1 fully saturated rings. The maximum Gasteiger partial charge on any atom is 0.224 e. The Morgan fingerprint density at radius 3 is 2.68 bits per heavy atom. The second kappa shape index (κ2) is 6.06. The Hall–Kier alpha value is -0.870. The highest BCUT2D eigenvalue weighted by atomic mass is 32.1. The van der Waals surface area contributed by atoms with E-state index in [0.717, 1.165) is 25.7 Å². The lowest BCUT2D eigenvalue weighted by Gasteiger charge is -2.31. The van der Waals surface area contributed by atoms with Crippen molar-refractivity contribution in [1.29, 1.82) is 0 Å². The van der Waals surface area contributed by atoms with E-state index in [2.05, 4.69) is 25.3 Å². The summed E-state index contributed by atoms with van der Waals surface area (Å²) in [6.07, 6.45) is 4.80. The number of carbonyl (C=O) groups excluding carboxylic acids is 1. The van der Waals surface area contributed by atoms with Gasteiger partial charge in [0.15, 0.2) is 0 Å². The van der Waals surface area contributed by atoms with E-state index in [1.165, 1.54) is 4.88 Å². The van der Waals surface area contributed by atoms with Gasteiger partial charge in [0.25, 0.3) is 0 Å². The van der Waals surface area contributed by atoms with Gasteiger partial charge in [0.1, 0.15) is 0 Å². The van der Waals surface area contributed by atoms with Crippen molar-refractivity contribution in [2.45, 2.75) is 64.1 Å². The van der Waals surface area contributed by atoms with Crippen molar-refractivity contribution in [2.75, 3.05) is 0 Å². The molecule has 1 aromatic rings. The second-order valence-electron chi connectivity index (χ2n) is 5.94. The van der Waals surface area contributed by atoms with E-state index in [1.807, 2.05) is 11.0 Å². The molecular formula is C15H24N2OS. The molecule has 106 valence electrons. The van der Waals surface area contributed by atoms with Crippen LogP contribution in [0, 0.1) is 0 Å². The smallest absolute Gasteiger partial charge is 0.224 e. The maximum absolute atomic E-state index is 12.5. The lowest BCUT2D eigenvalue weighted by Crippen LogP contribution is -2.45. The summed E-state index contributed by atoms with van der Waals surface area (Å²) in [7, 11) is 0. The lowest BCUT2D eigenvalue weighted by atomic mass is 9.94. The molecule has 0 bridgehead atoms.